The van der Waals surface area contributed by atoms with Crippen LogP contribution in [0.3, 0.4) is 0 Å². The molecule has 0 unspecified atom stereocenters. The first kappa shape index (κ1) is 17.4. The molecule has 0 aliphatic carbocycles. The minimum absolute atomic E-state index is 0. The summed E-state index contributed by atoms with van der Waals surface area (Å²) in [5, 5.41) is 11.6. The highest BCUT2D eigenvalue weighted by Crippen LogP contribution is 2.34. The number of hydrogen-bond acceptors (Lipinski definition) is 4. The molecule has 0 bridgehead atoms. The summed E-state index contributed by atoms with van der Waals surface area (Å²) in [6, 6.07) is 13.6. The SMILES string of the molecule is Cc1nc2ccc([N+](=O)[O-])cc2c(-c2ccccc2)c1C(N)=O.[Cl-]. The van der Waals surface area contributed by atoms with Crippen molar-refractivity contribution in [2.24, 2.45) is 5.73 Å². The molecule has 7 heteroatoms. The van der Waals surface area contributed by atoms with E-state index in [9.17, 15) is 14.9 Å². The van der Waals surface area contributed by atoms with E-state index >= 15 is 0 Å². The molecule has 122 valence electrons. The van der Waals surface area contributed by atoms with Crippen molar-refractivity contribution < 1.29 is 22.1 Å². The monoisotopic (exact) mass is 342 g/mol. The maximum Gasteiger partial charge on any atom is 0.270 e. The number of pyridine rings is 1. The Morgan fingerprint density at radius 1 is 1.17 bits per heavy atom. The van der Waals surface area contributed by atoms with E-state index in [0.29, 0.717) is 22.2 Å². The summed E-state index contributed by atoms with van der Waals surface area (Å²) in [5.41, 5.74) is 8.16. The van der Waals surface area contributed by atoms with Gasteiger partial charge in [-0.1, -0.05) is 30.3 Å². The lowest BCUT2D eigenvalue weighted by molar-refractivity contribution is -0.384. The zero-order valence-electron chi connectivity index (χ0n) is 12.7. The summed E-state index contributed by atoms with van der Waals surface area (Å²) in [6.07, 6.45) is 0. The van der Waals surface area contributed by atoms with Crippen molar-refractivity contribution in [2.75, 3.05) is 0 Å². The fourth-order valence-corrected chi connectivity index (χ4v) is 2.69. The van der Waals surface area contributed by atoms with Crippen LogP contribution in [0.25, 0.3) is 22.0 Å². The van der Waals surface area contributed by atoms with Gasteiger partial charge in [0.15, 0.2) is 0 Å². The van der Waals surface area contributed by atoms with Crippen LogP contribution in [0.15, 0.2) is 48.5 Å². The molecule has 1 aromatic heterocycles. The molecule has 0 aliphatic rings. The van der Waals surface area contributed by atoms with Crippen LogP contribution >= 0.6 is 0 Å². The molecule has 1 heterocycles. The molecule has 0 radical (unpaired) electrons. The molecule has 1 amide bonds. The Labute approximate surface area is 143 Å². The van der Waals surface area contributed by atoms with E-state index in [2.05, 4.69) is 4.98 Å². The van der Waals surface area contributed by atoms with Gasteiger partial charge in [-0.2, -0.15) is 0 Å². The Bertz CT molecular complexity index is 943. The second kappa shape index (κ2) is 6.64. The van der Waals surface area contributed by atoms with Gasteiger partial charge in [0.1, 0.15) is 0 Å². The van der Waals surface area contributed by atoms with Crippen molar-refractivity contribution in [3.63, 3.8) is 0 Å². The van der Waals surface area contributed by atoms with Crippen LogP contribution in [-0.4, -0.2) is 15.8 Å². The first-order valence-electron chi connectivity index (χ1n) is 6.93. The molecule has 2 aromatic carbocycles. The normalized spacial score (nSPS) is 10.2. The van der Waals surface area contributed by atoms with Gasteiger partial charge in [0.05, 0.1) is 21.7 Å². The largest absolute Gasteiger partial charge is 1.00 e. The van der Waals surface area contributed by atoms with Gasteiger partial charge in [0.2, 0.25) is 0 Å². The summed E-state index contributed by atoms with van der Waals surface area (Å²) >= 11 is 0. The highest BCUT2D eigenvalue weighted by atomic mass is 35.5. The number of aryl methyl sites for hydroxylation is 1. The first-order valence-corrected chi connectivity index (χ1v) is 6.93. The molecule has 2 N–H and O–H groups in total. The Hall–Kier alpha value is -2.99. The number of nitro benzene ring substituents is 1. The average molecular weight is 343 g/mol. The second-order valence-corrected chi connectivity index (χ2v) is 5.14. The third-order valence-corrected chi connectivity index (χ3v) is 3.67. The van der Waals surface area contributed by atoms with Gasteiger partial charge >= 0.3 is 0 Å². The number of carbonyl (C=O) groups is 1. The molecule has 0 atom stereocenters. The number of carbonyl (C=O) groups excluding carboxylic acids is 1. The number of aromatic nitrogens is 1. The molecule has 3 rings (SSSR count). The number of fused-ring (bicyclic) bond motifs is 1. The smallest absolute Gasteiger partial charge is 0.270 e. The molecule has 24 heavy (non-hydrogen) atoms. The Kier molecular flexibility index (Phi) is 4.80. The zero-order chi connectivity index (χ0) is 16.6. The van der Waals surface area contributed by atoms with E-state index < -0.39 is 10.8 Å². The molecule has 0 saturated heterocycles. The summed E-state index contributed by atoms with van der Waals surface area (Å²) in [6.45, 7) is 1.70. The number of primary amides is 1. The lowest BCUT2D eigenvalue weighted by Crippen LogP contribution is -3.00. The summed E-state index contributed by atoms with van der Waals surface area (Å²) in [5.74, 6) is -0.609. The van der Waals surface area contributed by atoms with E-state index in [-0.39, 0.29) is 23.7 Å². The summed E-state index contributed by atoms with van der Waals surface area (Å²) in [7, 11) is 0. The number of nitro groups is 1. The molecule has 0 spiro atoms. The predicted molar refractivity (Wildman–Crippen MR) is 87.1 cm³/mol. The van der Waals surface area contributed by atoms with Crippen molar-refractivity contribution in [1.29, 1.82) is 0 Å². The van der Waals surface area contributed by atoms with Crippen LogP contribution in [0, 0.1) is 17.0 Å². The van der Waals surface area contributed by atoms with Gasteiger partial charge in [-0.15, -0.1) is 0 Å². The highest BCUT2D eigenvalue weighted by Gasteiger charge is 2.20. The Morgan fingerprint density at radius 3 is 2.42 bits per heavy atom. The minimum Gasteiger partial charge on any atom is -1.00 e. The van der Waals surface area contributed by atoms with Crippen LogP contribution in [-0.2, 0) is 0 Å². The lowest BCUT2D eigenvalue weighted by Gasteiger charge is -2.13. The molecule has 3 aromatic rings. The third-order valence-electron chi connectivity index (χ3n) is 3.67. The highest BCUT2D eigenvalue weighted by molar-refractivity contribution is 6.09. The molecular weight excluding hydrogens is 330 g/mol. The number of nitrogens with two attached hydrogens (primary N) is 1. The van der Waals surface area contributed by atoms with Gasteiger partial charge in [-0.25, -0.2) is 0 Å². The Balaban J connectivity index is 0.00000208. The number of benzene rings is 2. The molecule has 0 aliphatic heterocycles. The van der Waals surface area contributed by atoms with Gasteiger partial charge in [-0.3, -0.25) is 19.9 Å². The van der Waals surface area contributed by atoms with E-state index in [1.807, 2.05) is 30.3 Å². The summed E-state index contributed by atoms with van der Waals surface area (Å²) < 4.78 is 0. The number of amides is 1. The molecule has 0 saturated carbocycles. The maximum absolute atomic E-state index is 11.9. The van der Waals surface area contributed by atoms with Crippen molar-refractivity contribution in [1.82, 2.24) is 4.98 Å². The fraction of sp³-hybridized carbons (Fsp3) is 0.0588. The quantitative estimate of drug-likeness (QED) is 0.543. The van der Waals surface area contributed by atoms with Crippen LogP contribution in [0.1, 0.15) is 16.1 Å². The first-order chi connectivity index (χ1) is 11.0. The molecule has 0 fully saturated rings. The van der Waals surface area contributed by atoms with E-state index in [0.717, 1.165) is 5.56 Å². The minimum atomic E-state index is -0.609. The van der Waals surface area contributed by atoms with Crippen LogP contribution in [0.4, 0.5) is 5.69 Å². The number of rotatable bonds is 3. The molecular formula is C17H13ClN3O3-. The zero-order valence-corrected chi connectivity index (χ0v) is 13.4. The number of halogens is 1. The van der Waals surface area contributed by atoms with Crippen LogP contribution in [0.2, 0.25) is 0 Å². The van der Waals surface area contributed by atoms with E-state index in [4.69, 9.17) is 5.73 Å². The topological polar surface area (TPSA) is 99.1 Å². The fourth-order valence-electron chi connectivity index (χ4n) is 2.69. The standard InChI is InChI=1S/C17H13N3O3.ClH/c1-10-15(17(18)21)16(11-5-3-2-4-6-11)13-9-12(20(22)23)7-8-14(13)19-10;/h2-9H,1H3,(H2,18,21);1H/p-1. The number of hydrogen-bond donors (Lipinski definition) is 1. The van der Waals surface area contributed by atoms with Crippen LogP contribution in [0.5, 0.6) is 0 Å². The molecule has 6 nitrogen and oxygen atoms in total. The van der Waals surface area contributed by atoms with Crippen molar-refractivity contribution >= 4 is 22.5 Å². The maximum atomic E-state index is 11.9. The van der Waals surface area contributed by atoms with Crippen molar-refractivity contribution in [3.05, 3.63) is 69.9 Å². The van der Waals surface area contributed by atoms with Gasteiger partial charge in [0.25, 0.3) is 11.6 Å². The lowest BCUT2D eigenvalue weighted by atomic mass is 9.94. The second-order valence-electron chi connectivity index (χ2n) is 5.14. The van der Waals surface area contributed by atoms with Gasteiger partial charge in [0, 0.05) is 23.1 Å². The van der Waals surface area contributed by atoms with Crippen molar-refractivity contribution in [3.8, 4) is 11.1 Å². The van der Waals surface area contributed by atoms with Gasteiger partial charge in [-0.05, 0) is 18.6 Å². The van der Waals surface area contributed by atoms with Crippen molar-refractivity contribution in [2.45, 2.75) is 6.92 Å². The van der Waals surface area contributed by atoms with Crippen LogP contribution < -0.4 is 18.1 Å². The summed E-state index contributed by atoms with van der Waals surface area (Å²) in [4.78, 5) is 26.9. The Morgan fingerprint density at radius 2 is 1.83 bits per heavy atom. The number of nitrogens with zero attached hydrogens (tertiary/aromatic N) is 2. The van der Waals surface area contributed by atoms with E-state index in [1.54, 1.807) is 13.0 Å². The van der Waals surface area contributed by atoms with E-state index in [1.165, 1.54) is 12.1 Å². The average Bonchev–Trinajstić information content (AvgIpc) is 2.53. The number of non-ortho nitro benzene ring substituents is 1. The predicted octanol–water partition coefficient (Wildman–Crippen LogP) is 0.221. The van der Waals surface area contributed by atoms with Gasteiger partial charge < -0.3 is 18.1 Å². The third kappa shape index (κ3) is 2.91.